The maximum Gasteiger partial charge on any atom is 0.0459 e. The van der Waals surface area contributed by atoms with Crippen molar-refractivity contribution in [3.05, 3.63) is 35.0 Å². The van der Waals surface area contributed by atoms with Crippen LogP contribution < -0.4 is 5.73 Å². The van der Waals surface area contributed by atoms with Crippen LogP contribution in [0, 0.1) is 13.8 Å². The van der Waals surface area contributed by atoms with E-state index in [1.165, 1.54) is 27.7 Å². The zero-order valence-electron chi connectivity index (χ0n) is 9.59. The second kappa shape index (κ2) is 3.70. The van der Waals surface area contributed by atoms with Crippen molar-refractivity contribution in [1.82, 2.24) is 4.98 Å². The Kier molecular flexibility index (Phi) is 2.53. The Morgan fingerprint density at radius 2 is 2.07 bits per heavy atom. The smallest absolute Gasteiger partial charge is 0.0459 e. The molecule has 80 valence electrons. The quantitative estimate of drug-likeness (QED) is 0.772. The minimum absolute atomic E-state index is 0.211. The lowest BCUT2D eigenvalue weighted by Gasteiger charge is -2.05. The van der Waals surface area contributed by atoms with Gasteiger partial charge in [0.05, 0.1) is 0 Å². The molecular weight excluding hydrogens is 184 g/mol. The second-order valence-electron chi connectivity index (χ2n) is 4.46. The zero-order valence-corrected chi connectivity index (χ0v) is 9.59. The van der Waals surface area contributed by atoms with Gasteiger partial charge in [-0.25, -0.2) is 0 Å². The van der Waals surface area contributed by atoms with Crippen LogP contribution in [0.1, 0.15) is 23.7 Å². The molecule has 15 heavy (non-hydrogen) atoms. The van der Waals surface area contributed by atoms with Crippen molar-refractivity contribution in [2.75, 3.05) is 0 Å². The van der Waals surface area contributed by atoms with Crippen molar-refractivity contribution in [2.24, 2.45) is 5.73 Å². The van der Waals surface area contributed by atoms with E-state index >= 15 is 0 Å². The van der Waals surface area contributed by atoms with E-state index in [0.717, 1.165) is 6.42 Å². The monoisotopic (exact) mass is 202 g/mol. The Hall–Kier alpha value is -1.28. The van der Waals surface area contributed by atoms with E-state index < -0.39 is 0 Å². The maximum atomic E-state index is 5.87. The molecule has 1 aromatic carbocycles. The minimum atomic E-state index is 0.211. The normalized spacial score (nSPS) is 13.3. The van der Waals surface area contributed by atoms with Gasteiger partial charge in [0.25, 0.3) is 0 Å². The summed E-state index contributed by atoms with van der Waals surface area (Å²) in [4.78, 5) is 3.40. The Labute approximate surface area is 90.5 Å². The Morgan fingerprint density at radius 1 is 1.33 bits per heavy atom. The molecule has 0 spiro atoms. The SMILES string of the molecule is Cc1ccc2[nH]c(C)c(CC(C)N)c2c1. The summed E-state index contributed by atoms with van der Waals surface area (Å²) in [6.07, 6.45) is 0.940. The molecule has 1 atom stereocenters. The number of H-pyrrole nitrogens is 1. The number of hydrogen-bond donors (Lipinski definition) is 2. The summed E-state index contributed by atoms with van der Waals surface area (Å²) in [5.41, 5.74) is 11.0. The van der Waals surface area contributed by atoms with Crippen LogP contribution in [0.2, 0.25) is 0 Å². The maximum absolute atomic E-state index is 5.87. The van der Waals surface area contributed by atoms with Gasteiger partial charge in [0.15, 0.2) is 0 Å². The molecule has 1 unspecified atom stereocenters. The molecule has 0 radical (unpaired) electrons. The van der Waals surface area contributed by atoms with E-state index in [0.29, 0.717) is 0 Å². The molecule has 0 aliphatic rings. The number of aromatic amines is 1. The largest absolute Gasteiger partial charge is 0.358 e. The van der Waals surface area contributed by atoms with E-state index in [1.807, 2.05) is 6.92 Å². The molecule has 2 heteroatoms. The van der Waals surface area contributed by atoms with Gasteiger partial charge in [0, 0.05) is 22.6 Å². The lowest BCUT2D eigenvalue weighted by molar-refractivity contribution is 0.738. The van der Waals surface area contributed by atoms with Crippen LogP contribution in [0.4, 0.5) is 0 Å². The number of fused-ring (bicyclic) bond motifs is 1. The average molecular weight is 202 g/mol. The number of rotatable bonds is 2. The predicted molar refractivity (Wildman–Crippen MR) is 65.1 cm³/mol. The fraction of sp³-hybridized carbons (Fsp3) is 0.385. The first-order valence-corrected chi connectivity index (χ1v) is 5.41. The van der Waals surface area contributed by atoms with Gasteiger partial charge in [0.2, 0.25) is 0 Å². The second-order valence-corrected chi connectivity index (χ2v) is 4.46. The van der Waals surface area contributed by atoms with Crippen LogP contribution in [0.15, 0.2) is 18.2 Å². The third-order valence-corrected chi connectivity index (χ3v) is 2.80. The summed E-state index contributed by atoms with van der Waals surface area (Å²) in [6.45, 7) is 6.29. The standard InChI is InChI=1S/C13H18N2/c1-8-4-5-13-12(6-8)11(7-9(2)14)10(3)15-13/h4-6,9,15H,7,14H2,1-3H3. The summed E-state index contributed by atoms with van der Waals surface area (Å²) in [6, 6.07) is 6.72. The molecule has 0 bridgehead atoms. The molecule has 2 aromatic rings. The molecule has 0 fully saturated rings. The van der Waals surface area contributed by atoms with E-state index in [1.54, 1.807) is 0 Å². The van der Waals surface area contributed by atoms with Gasteiger partial charge < -0.3 is 10.7 Å². The van der Waals surface area contributed by atoms with Crippen LogP contribution in [0.25, 0.3) is 10.9 Å². The van der Waals surface area contributed by atoms with Gasteiger partial charge in [-0.05, 0) is 44.9 Å². The molecule has 0 amide bonds. The summed E-state index contributed by atoms with van der Waals surface area (Å²) < 4.78 is 0. The van der Waals surface area contributed by atoms with Gasteiger partial charge in [-0.15, -0.1) is 0 Å². The first-order chi connectivity index (χ1) is 7.08. The summed E-state index contributed by atoms with van der Waals surface area (Å²) in [5.74, 6) is 0. The number of aryl methyl sites for hydroxylation is 2. The Balaban J connectivity index is 2.60. The molecule has 1 heterocycles. The highest BCUT2D eigenvalue weighted by molar-refractivity contribution is 5.85. The topological polar surface area (TPSA) is 41.8 Å². The fourth-order valence-corrected chi connectivity index (χ4v) is 2.08. The van der Waals surface area contributed by atoms with Crippen LogP contribution in [-0.2, 0) is 6.42 Å². The number of nitrogens with one attached hydrogen (secondary N) is 1. The summed E-state index contributed by atoms with van der Waals surface area (Å²) >= 11 is 0. The van der Waals surface area contributed by atoms with Crippen LogP contribution in [0.3, 0.4) is 0 Å². The number of aromatic nitrogens is 1. The lowest BCUT2D eigenvalue weighted by Crippen LogP contribution is -2.18. The third-order valence-electron chi connectivity index (χ3n) is 2.80. The Bertz CT molecular complexity index is 480. The molecular formula is C13H18N2. The van der Waals surface area contributed by atoms with Crippen LogP contribution in [-0.4, -0.2) is 11.0 Å². The molecule has 1 aromatic heterocycles. The highest BCUT2D eigenvalue weighted by atomic mass is 14.7. The average Bonchev–Trinajstić information content (AvgIpc) is 2.43. The van der Waals surface area contributed by atoms with Crippen molar-refractivity contribution in [3.63, 3.8) is 0 Å². The molecule has 2 rings (SSSR count). The van der Waals surface area contributed by atoms with Gasteiger partial charge in [-0.2, -0.15) is 0 Å². The molecule has 0 aliphatic carbocycles. The molecule has 0 saturated carbocycles. The van der Waals surface area contributed by atoms with E-state index in [2.05, 4.69) is 37.0 Å². The number of hydrogen-bond acceptors (Lipinski definition) is 1. The third kappa shape index (κ3) is 1.90. The molecule has 3 N–H and O–H groups in total. The van der Waals surface area contributed by atoms with E-state index in [-0.39, 0.29) is 6.04 Å². The minimum Gasteiger partial charge on any atom is -0.358 e. The van der Waals surface area contributed by atoms with Gasteiger partial charge in [-0.1, -0.05) is 11.6 Å². The van der Waals surface area contributed by atoms with E-state index in [9.17, 15) is 0 Å². The summed E-state index contributed by atoms with van der Waals surface area (Å²) in [5, 5.41) is 1.32. The van der Waals surface area contributed by atoms with Crippen molar-refractivity contribution >= 4 is 10.9 Å². The highest BCUT2D eigenvalue weighted by Crippen LogP contribution is 2.24. The van der Waals surface area contributed by atoms with Crippen molar-refractivity contribution < 1.29 is 0 Å². The predicted octanol–water partition coefficient (Wildman–Crippen LogP) is 2.67. The zero-order chi connectivity index (χ0) is 11.0. The highest BCUT2D eigenvalue weighted by Gasteiger charge is 2.09. The first-order valence-electron chi connectivity index (χ1n) is 5.41. The van der Waals surface area contributed by atoms with Gasteiger partial charge >= 0.3 is 0 Å². The molecule has 2 nitrogen and oxygen atoms in total. The lowest BCUT2D eigenvalue weighted by atomic mass is 10.0. The van der Waals surface area contributed by atoms with Crippen molar-refractivity contribution in [2.45, 2.75) is 33.2 Å². The number of benzene rings is 1. The van der Waals surface area contributed by atoms with Crippen molar-refractivity contribution in [3.8, 4) is 0 Å². The van der Waals surface area contributed by atoms with Crippen LogP contribution in [0.5, 0.6) is 0 Å². The van der Waals surface area contributed by atoms with Crippen LogP contribution >= 0.6 is 0 Å². The van der Waals surface area contributed by atoms with Gasteiger partial charge in [0.1, 0.15) is 0 Å². The molecule has 0 saturated heterocycles. The first kappa shape index (κ1) is 10.2. The summed E-state index contributed by atoms with van der Waals surface area (Å²) in [7, 11) is 0. The van der Waals surface area contributed by atoms with Gasteiger partial charge in [-0.3, -0.25) is 0 Å². The Morgan fingerprint density at radius 3 is 2.73 bits per heavy atom. The number of nitrogens with two attached hydrogens (primary N) is 1. The fourth-order valence-electron chi connectivity index (χ4n) is 2.08. The molecule has 0 aliphatic heterocycles. The van der Waals surface area contributed by atoms with E-state index in [4.69, 9.17) is 5.73 Å². The van der Waals surface area contributed by atoms with Crippen molar-refractivity contribution in [1.29, 1.82) is 0 Å².